The summed E-state index contributed by atoms with van der Waals surface area (Å²) < 4.78 is 5.87. The summed E-state index contributed by atoms with van der Waals surface area (Å²) in [5, 5.41) is 12.6. The molecule has 3 nitrogen and oxygen atoms in total. The molecule has 0 fully saturated rings. The number of rotatable bonds is 7. The Bertz CT molecular complexity index is 1700. The van der Waals surface area contributed by atoms with Crippen molar-refractivity contribution < 1.29 is 14.6 Å². The molecule has 5 aromatic carbocycles. The number of carbonyl (C=O) groups excluding carboxylic acids is 1. The van der Waals surface area contributed by atoms with Gasteiger partial charge in [-0.2, -0.15) is 0 Å². The van der Waals surface area contributed by atoms with E-state index in [-0.39, 0.29) is 11.7 Å². The lowest BCUT2D eigenvalue weighted by atomic mass is 9.67. The number of unbranched alkanes of at least 4 members (excludes halogenated alkanes) is 1. The van der Waals surface area contributed by atoms with Crippen LogP contribution in [0.25, 0.3) is 21.9 Å². The van der Waals surface area contributed by atoms with E-state index >= 15 is 0 Å². The van der Waals surface area contributed by atoms with E-state index in [1.54, 1.807) is 12.1 Å². The van der Waals surface area contributed by atoms with Gasteiger partial charge in [0, 0.05) is 0 Å². The van der Waals surface area contributed by atoms with Crippen LogP contribution in [-0.4, -0.2) is 11.1 Å². The Hall–Kier alpha value is -4.37. The van der Waals surface area contributed by atoms with Crippen LogP contribution in [0.5, 0.6) is 11.5 Å². The van der Waals surface area contributed by atoms with Gasteiger partial charge in [0.05, 0.1) is 10.8 Å². The SMILES string of the molecule is CCCCC(C)(C)C(=O)Oc1ccc(C2(c3ccc(O)cc3)c3ccccc3-c3cc4ccccc4cc32)cc1. The van der Waals surface area contributed by atoms with E-state index in [4.69, 9.17) is 4.74 Å². The number of hydrogen-bond acceptors (Lipinski definition) is 3. The second kappa shape index (κ2) is 9.98. The largest absolute Gasteiger partial charge is 0.508 e. The summed E-state index contributed by atoms with van der Waals surface area (Å²) >= 11 is 0. The number of phenols is 1. The molecule has 1 unspecified atom stereocenters. The summed E-state index contributed by atoms with van der Waals surface area (Å²) in [6.07, 6.45) is 2.83. The molecule has 200 valence electrons. The number of aromatic hydroxyl groups is 1. The molecule has 6 rings (SSSR count). The van der Waals surface area contributed by atoms with Crippen molar-refractivity contribution in [3.05, 3.63) is 131 Å². The summed E-state index contributed by atoms with van der Waals surface area (Å²) in [5.41, 5.74) is 5.79. The average molecular weight is 527 g/mol. The van der Waals surface area contributed by atoms with E-state index < -0.39 is 10.8 Å². The van der Waals surface area contributed by atoms with Gasteiger partial charge in [0.25, 0.3) is 0 Å². The minimum Gasteiger partial charge on any atom is -0.508 e. The number of esters is 1. The standard InChI is InChI=1S/C37H34O3/c1-4-5-22-36(2,3)35(39)40-30-20-16-28(17-21-30)37(27-14-18-29(38)19-15-27)33-13-9-8-12-31(33)32-23-25-10-6-7-11-26(25)24-34(32)37/h6-21,23-24,38H,4-5,22H2,1-3H3. The van der Waals surface area contributed by atoms with Crippen LogP contribution < -0.4 is 4.74 Å². The van der Waals surface area contributed by atoms with Gasteiger partial charge in [-0.3, -0.25) is 4.79 Å². The van der Waals surface area contributed by atoms with Gasteiger partial charge in [-0.05, 0) is 101 Å². The van der Waals surface area contributed by atoms with E-state index in [1.807, 2.05) is 38.1 Å². The van der Waals surface area contributed by atoms with Crippen LogP contribution >= 0.6 is 0 Å². The molecule has 1 aliphatic carbocycles. The molecule has 0 saturated carbocycles. The van der Waals surface area contributed by atoms with Crippen molar-refractivity contribution in [2.24, 2.45) is 5.41 Å². The number of carbonyl (C=O) groups is 1. The summed E-state index contributed by atoms with van der Waals surface area (Å²) in [4.78, 5) is 13.0. The fourth-order valence-electron chi connectivity index (χ4n) is 6.20. The van der Waals surface area contributed by atoms with Crippen LogP contribution in [0, 0.1) is 5.41 Å². The smallest absolute Gasteiger partial charge is 0.316 e. The summed E-state index contributed by atoms with van der Waals surface area (Å²) in [6.45, 7) is 6.04. The minimum atomic E-state index is -0.605. The molecular formula is C37H34O3. The van der Waals surface area contributed by atoms with Crippen molar-refractivity contribution in [1.29, 1.82) is 0 Å². The fraction of sp³-hybridized carbons (Fsp3) is 0.216. The molecule has 1 atom stereocenters. The maximum absolute atomic E-state index is 13.0. The molecule has 0 aromatic heterocycles. The van der Waals surface area contributed by atoms with Crippen molar-refractivity contribution >= 4 is 16.7 Å². The Morgan fingerprint density at radius 1 is 0.750 bits per heavy atom. The zero-order chi connectivity index (χ0) is 27.9. The molecule has 0 heterocycles. The second-order valence-electron chi connectivity index (χ2n) is 11.5. The molecule has 3 heteroatoms. The molecular weight excluding hydrogens is 492 g/mol. The first-order valence-electron chi connectivity index (χ1n) is 14.1. The van der Waals surface area contributed by atoms with Gasteiger partial charge < -0.3 is 9.84 Å². The van der Waals surface area contributed by atoms with Crippen LogP contribution in [0.3, 0.4) is 0 Å². The van der Waals surface area contributed by atoms with Gasteiger partial charge in [0.1, 0.15) is 11.5 Å². The quantitative estimate of drug-likeness (QED) is 0.167. The van der Waals surface area contributed by atoms with Gasteiger partial charge in [-0.15, -0.1) is 0 Å². The first kappa shape index (κ1) is 25.9. The highest BCUT2D eigenvalue weighted by Crippen LogP contribution is 2.57. The van der Waals surface area contributed by atoms with Crippen molar-refractivity contribution in [1.82, 2.24) is 0 Å². The maximum Gasteiger partial charge on any atom is 0.316 e. The lowest BCUT2D eigenvalue weighted by molar-refractivity contribution is -0.144. The summed E-state index contributed by atoms with van der Waals surface area (Å²) in [7, 11) is 0. The van der Waals surface area contributed by atoms with Crippen LogP contribution in [0.2, 0.25) is 0 Å². The van der Waals surface area contributed by atoms with E-state index in [9.17, 15) is 9.90 Å². The lowest BCUT2D eigenvalue weighted by Gasteiger charge is -2.34. The zero-order valence-electron chi connectivity index (χ0n) is 23.3. The molecule has 0 radical (unpaired) electrons. The zero-order valence-corrected chi connectivity index (χ0v) is 23.3. The summed E-state index contributed by atoms with van der Waals surface area (Å²) in [6, 6.07) is 37.2. The molecule has 0 bridgehead atoms. The average Bonchev–Trinajstić information content (AvgIpc) is 3.26. The fourth-order valence-corrected chi connectivity index (χ4v) is 6.20. The third-order valence-corrected chi connectivity index (χ3v) is 8.42. The van der Waals surface area contributed by atoms with Crippen molar-refractivity contribution in [3.63, 3.8) is 0 Å². The van der Waals surface area contributed by atoms with E-state index in [1.165, 1.54) is 33.0 Å². The van der Waals surface area contributed by atoms with E-state index in [0.717, 1.165) is 30.4 Å². The Labute approximate surface area is 236 Å². The van der Waals surface area contributed by atoms with Crippen LogP contribution in [0.1, 0.15) is 62.3 Å². The van der Waals surface area contributed by atoms with Gasteiger partial charge in [0.15, 0.2) is 0 Å². The predicted octanol–water partition coefficient (Wildman–Crippen LogP) is 9.03. The number of hydrogen-bond donors (Lipinski definition) is 1. The topological polar surface area (TPSA) is 46.5 Å². The second-order valence-corrected chi connectivity index (χ2v) is 11.5. The molecule has 1 N–H and O–H groups in total. The Balaban J connectivity index is 1.53. The molecule has 5 aromatic rings. The number of ether oxygens (including phenoxy) is 1. The van der Waals surface area contributed by atoms with Gasteiger partial charge >= 0.3 is 5.97 Å². The van der Waals surface area contributed by atoms with Crippen molar-refractivity contribution in [3.8, 4) is 22.6 Å². The van der Waals surface area contributed by atoms with Crippen molar-refractivity contribution in [2.45, 2.75) is 45.4 Å². The van der Waals surface area contributed by atoms with Crippen molar-refractivity contribution in [2.75, 3.05) is 0 Å². The summed E-state index contributed by atoms with van der Waals surface area (Å²) in [5.74, 6) is 0.575. The molecule has 0 saturated heterocycles. The highest BCUT2D eigenvalue weighted by molar-refractivity contribution is 5.95. The van der Waals surface area contributed by atoms with Gasteiger partial charge in [-0.1, -0.05) is 92.6 Å². The highest BCUT2D eigenvalue weighted by atomic mass is 16.5. The van der Waals surface area contributed by atoms with Gasteiger partial charge in [0.2, 0.25) is 0 Å². The Morgan fingerprint density at radius 2 is 1.35 bits per heavy atom. The first-order chi connectivity index (χ1) is 19.3. The molecule has 40 heavy (non-hydrogen) atoms. The number of benzene rings is 5. The Kier molecular flexibility index (Phi) is 6.46. The molecule has 0 amide bonds. The lowest BCUT2D eigenvalue weighted by Crippen LogP contribution is -2.29. The number of fused-ring (bicyclic) bond motifs is 4. The first-order valence-corrected chi connectivity index (χ1v) is 14.1. The monoisotopic (exact) mass is 526 g/mol. The van der Waals surface area contributed by atoms with Crippen LogP contribution in [-0.2, 0) is 10.2 Å². The molecule has 0 aliphatic heterocycles. The van der Waals surface area contributed by atoms with Crippen LogP contribution in [0.15, 0.2) is 109 Å². The van der Waals surface area contributed by atoms with Gasteiger partial charge in [-0.25, -0.2) is 0 Å². The molecule has 0 spiro atoms. The highest BCUT2D eigenvalue weighted by Gasteiger charge is 2.46. The van der Waals surface area contributed by atoms with E-state index in [0.29, 0.717) is 5.75 Å². The third-order valence-electron chi connectivity index (χ3n) is 8.42. The maximum atomic E-state index is 13.0. The minimum absolute atomic E-state index is 0.204. The van der Waals surface area contributed by atoms with Crippen LogP contribution in [0.4, 0.5) is 0 Å². The normalized spacial score (nSPS) is 16.0. The van der Waals surface area contributed by atoms with E-state index in [2.05, 4.69) is 79.7 Å². The Morgan fingerprint density at radius 3 is 2.02 bits per heavy atom. The predicted molar refractivity (Wildman–Crippen MR) is 162 cm³/mol. The third kappa shape index (κ3) is 4.17. The number of phenolic OH excluding ortho intramolecular Hbond substituents is 1. The molecule has 1 aliphatic rings.